The van der Waals surface area contributed by atoms with E-state index in [9.17, 15) is 14.9 Å². The topological polar surface area (TPSA) is 107 Å². The molecule has 1 amide bonds. The Morgan fingerprint density at radius 3 is 2.66 bits per heavy atom. The average Bonchev–Trinajstić information content (AvgIpc) is 3.20. The lowest BCUT2D eigenvalue weighted by molar-refractivity contribution is -0.383. The summed E-state index contributed by atoms with van der Waals surface area (Å²) < 4.78 is 14.0. The third-order valence-electron chi connectivity index (χ3n) is 4.22. The van der Waals surface area contributed by atoms with E-state index in [1.807, 2.05) is 42.5 Å². The van der Waals surface area contributed by atoms with Gasteiger partial charge in [0, 0.05) is 11.6 Å². The number of benzene rings is 3. The Bertz CT molecular complexity index is 1200. The van der Waals surface area contributed by atoms with E-state index in [2.05, 4.69) is 14.1 Å². The number of hydrogen-bond acceptors (Lipinski definition) is 7. The van der Waals surface area contributed by atoms with Crippen LogP contribution in [0.25, 0.3) is 22.0 Å². The molecule has 9 heteroatoms. The van der Waals surface area contributed by atoms with E-state index >= 15 is 0 Å². The molecule has 0 aliphatic rings. The maximum atomic E-state index is 12.2. The number of nitrogens with one attached hydrogen (secondary N) is 1. The summed E-state index contributed by atoms with van der Waals surface area (Å²) in [5.74, 6) is -0.291. The van der Waals surface area contributed by atoms with E-state index in [0.29, 0.717) is 5.69 Å². The number of ether oxygens (including phenoxy) is 1. The van der Waals surface area contributed by atoms with E-state index < -0.39 is 10.8 Å². The number of carbonyl (C=O) groups excluding carboxylic acids is 1. The minimum atomic E-state index is -0.556. The van der Waals surface area contributed by atoms with Crippen LogP contribution < -0.4 is 10.1 Å². The molecular formula is C20H14N4O4S. The number of aromatic nitrogens is 2. The largest absolute Gasteiger partial charge is 0.465 e. The van der Waals surface area contributed by atoms with Gasteiger partial charge in [0.2, 0.25) is 0 Å². The highest BCUT2D eigenvalue weighted by atomic mass is 32.1. The zero-order valence-electron chi connectivity index (χ0n) is 14.9. The van der Waals surface area contributed by atoms with Gasteiger partial charge in [-0.1, -0.05) is 54.6 Å². The highest BCUT2D eigenvalue weighted by molar-refractivity contribution is 6.99. The predicted molar refractivity (Wildman–Crippen MR) is 110 cm³/mol. The molecule has 0 fully saturated rings. The van der Waals surface area contributed by atoms with Crippen molar-refractivity contribution < 1.29 is 14.5 Å². The number of carbonyl (C=O) groups is 1. The molecule has 0 unspecified atom stereocenters. The Labute approximate surface area is 169 Å². The highest BCUT2D eigenvalue weighted by Crippen LogP contribution is 2.33. The molecule has 1 N–H and O–H groups in total. The minimum absolute atomic E-state index is 0.108. The molecule has 0 spiro atoms. The summed E-state index contributed by atoms with van der Waals surface area (Å²) in [5.41, 5.74) is 1.32. The summed E-state index contributed by atoms with van der Waals surface area (Å²) in [6, 6.07) is 19.6. The van der Waals surface area contributed by atoms with Crippen molar-refractivity contribution in [1.82, 2.24) is 8.75 Å². The van der Waals surface area contributed by atoms with E-state index in [0.717, 1.165) is 28.1 Å². The summed E-state index contributed by atoms with van der Waals surface area (Å²) in [5, 5.41) is 15.6. The smallest absolute Gasteiger partial charge is 0.292 e. The van der Waals surface area contributed by atoms with Gasteiger partial charge in [-0.2, -0.15) is 4.37 Å². The van der Waals surface area contributed by atoms with E-state index in [-0.39, 0.29) is 23.9 Å². The molecule has 1 heterocycles. The number of fused-ring (bicyclic) bond motifs is 1. The van der Waals surface area contributed by atoms with E-state index in [1.165, 1.54) is 18.2 Å². The summed E-state index contributed by atoms with van der Waals surface area (Å²) in [6.07, 6.45) is 0. The quantitative estimate of drug-likeness (QED) is 0.378. The van der Waals surface area contributed by atoms with Crippen molar-refractivity contribution in [2.75, 3.05) is 11.9 Å². The number of nitro groups is 1. The molecule has 144 valence electrons. The first-order chi connectivity index (χ1) is 14.1. The second-order valence-electron chi connectivity index (χ2n) is 6.06. The van der Waals surface area contributed by atoms with Crippen molar-refractivity contribution >= 4 is 39.8 Å². The van der Waals surface area contributed by atoms with Crippen molar-refractivity contribution in [2.45, 2.75) is 0 Å². The summed E-state index contributed by atoms with van der Waals surface area (Å²) >= 11 is 0.986. The summed E-state index contributed by atoms with van der Waals surface area (Å²) in [4.78, 5) is 22.7. The van der Waals surface area contributed by atoms with Gasteiger partial charge in [0.15, 0.2) is 6.61 Å². The van der Waals surface area contributed by atoms with Crippen LogP contribution in [0.4, 0.5) is 11.4 Å². The summed E-state index contributed by atoms with van der Waals surface area (Å²) in [7, 11) is 0. The number of hydrogen-bond donors (Lipinski definition) is 1. The molecule has 29 heavy (non-hydrogen) atoms. The Balaban J connectivity index is 1.52. The zero-order valence-corrected chi connectivity index (χ0v) is 15.8. The minimum Gasteiger partial charge on any atom is -0.465 e. The Kier molecular flexibility index (Phi) is 5.12. The van der Waals surface area contributed by atoms with Gasteiger partial charge in [0.1, 0.15) is 11.4 Å². The van der Waals surface area contributed by atoms with Gasteiger partial charge >= 0.3 is 0 Å². The number of nitro benzene ring substituents is 1. The zero-order chi connectivity index (χ0) is 20.2. The van der Waals surface area contributed by atoms with Crippen molar-refractivity contribution in [2.24, 2.45) is 0 Å². The van der Waals surface area contributed by atoms with E-state index in [1.54, 1.807) is 6.07 Å². The van der Waals surface area contributed by atoms with Gasteiger partial charge in [-0.05, 0) is 16.8 Å². The van der Waals surface area contributed by atoms with Gasteiger partial charge in [-0.25, -0.2) is 0 Å². The fraction of sp³-hybridized carbons (Fsp3) is 0.0500. The molecule has 3 aromatic carbocycles. The first-order valence-corrected chi connectivity index (χ1v) is 9.33. The van der Waals surface area contributed by atoms with Crippen LogP contribution >= 0.6 is 11.7 Å². The van der Waals surface area contributed by atoms with Crippen molar-refractivity contribution in [1.29, 1.82) is 0 Å². The van der Waals surface area contributed by atoms with E-state index in [4.69, 9.17) is 4.74 Å². The fourth-order valence-corrected chi connectivity index (χ4v) is 3.44. The second-order valence-corrected chi connectivity index (χ2v) is 6.58. The molecule has 0 atom stereocenters. The van der Waals surface area contributed by atoms with Gasteiger partial charge in [-0.3, -0.25) is 14.9 Å². The monoisotopic (exact) mass is 406 g/mol. The van der Waals surface area contributed by atoms with Crippen LogP contribution in [0.3, 0.4) is 0 Å². The van der Waals surface area contributed by atoms with Crippen LogP contribution in [-0.2, 0) is 4.79 Å². The highest BCUT2D eigenvalue weighted by Gasteiger charge is 2.18. The number of amides is 1. The number of rotatable bonds is 6. The second kappa shape index (κ2) is 8.03. The molecule has 0 aliphatic carbocycles. The van der Waals surface area contributed by atoms with Crippen LogP contribution in [0.15, 0.2) is 66.7 Å². The SMILES string of the molecule is O=C(COc1nsnc1-c1cccc2ccccc12)Nc1ccccc1[N+](=O)[O-]. The maximum absolute atomic E-state index is 12.2. The molecular weight excluding hydrogens is 392 g/mol. The number of anilines is 1. The Hall–Kier alpha value is -3.85. The Morgan fingerprint density at radius 2 is 1.79 bits per heavy atom. The van der Waals surface area contributed by atoms with Crippen LogP contribution in [0.2, 0.25) is 0 Å². The predicted octanol–water partition coefficient (Wildman–Crippen LogP) is 4.28. The Morgan fingerprint density at radius 1 is 1.03 bits per heavy atom. The molecule has 4 rings (SSSR count). The molecule has 0 bridgehead atoms. The van der Waals surface area contributed by atoms with Crippen molar-refractivity contribution in [3.8, 4) is 17.1 Å². The van der Waals surface area contributed by atoms with Crippen LogP contribution in [0.1, 0.15) is 0 Å². The normalized spacial score (nSPS) is 10.6. The number of para-hydroxylation sites is 2. The fourth-order valence-electron chi connectivity index (χ4n) is 2.93. The lowest BCUT2D eigenvalue weighted by atomic mass is 10.0. The van der Waals surface area contributed by atoms with Crippen LogP contribution in [0.5, 0.6) is 5.88 Å². The van der Waals surface area contributed by atoms with Crippen LogP contribution in [0, 0.1) is 10.1 Å². The van der Waals surface area contributed by atoms with Gasteiger partial charge in [0.25, 0.3) is 17.5 Å². The molecule has 0 saturated heterocycles. The molecule has 4 aromatic rings. The molecule has 0 saturated carbocycles. The van der Waals surface area contributed by atoms with Gasteiger partial charge in [-0.15, -0.1) is 4.37 Å². The van der Waals surface area contributed by atoms with Crippen molar-refractivity contribution in [3.05, 3.63) is 76.8 Å². The third kappa shape index (κ3) is 3.90. The lowest BCUT2D eigenvalue weighted by Gasteiger charge is -2.08. The maximum Gasteiger partial charge on any atom is 0.292 e. The molecule has 0 radical (unpaired) electrons. The van der Waals surface area contributed by atoms with Crippen LogP contribution in [-0.4, -0.2) is 26.2 Å². The molecule has 0 aliphatic heterocycles. The molecule has 1 aromatic heterocycles. The van der Waals surface area contributed by atoms with Gasteiger partial charge in [0.05, 0.1) is 16.7 Å². The standard InChI is InChI=1S/C20H14N4O4S/c25-18(21-16-10-3-4-11-17(16)24(26)27)12-28-20-19(22-29-23-20)15-9-5-7-13-6-1-2-8-14(13)15/h1-11H,12H2,(H,21,25). The lowest BCUT2D eigenvalue weighted by Crippen LogP contribution is -2.21. The summed E-state index contributed by atoms with van der Waals surface area (Å²) in [6.45, 7) is -0.352. The average molecular weight is 406 g/mol. The number of nitrogens with zero attached hydrogens (tertiary/aromatic N) is 3. The third-order valence-corrected chi connectivity index (χ3v) is 4.73. The first-order valence-electron chi connectivity index (χ1n) is 8.60. The van der Waals surface area contributed by atoms with Crippen molar-refractivity contribution in [3.63, 3.8) is 0 Å². The first kappa shape index (κ1) is 18.5. The molecule has 8 nitrogen and oxygen atoms in total. The van der Waals surface area contributed by atoms with Gasteiger partial charge < -0.3 is 10.1 Å².